The molecule has 10 atom stereocenters. The van der Waals surface area contributed by atoms with Gasteiger partial charge in [-0.3, -0.25) is 9.59 Å². The van der Waals surface area contributed by atoms with Gasteiger partial charge in [-0.05, 0) is 59.8 Å². The maximum absolute atomic E-state index is 12.5. The van der Waals surface area contributed by atoms with E-state index in [1.807, 2.05) is 46.8 Å². The van der Waals surface area contributed by atoms with E-state index in [-0.39, 0.29) is 54.6 Å². The molecule has 0 aromatic heterocycles. The van der Waals surface area contributed by atoms with E-state index in [1.54, 1.807) is 6.92 Å². The largest absolute Gasteiger partial charge is 0.389 e. The highest BCUT2D eigenvalue weighted by molar-refractivity contribution is 5.87. The Morgan fingerprint density at radius 2 is 1.91 bits per heavy atom. The summed E-state index contributed by atoms with van der Waals surface area (Å²) in [6, 6.07) is -0.0872. The predicted molar refractivity (Wildman–Crippen MR) is 164 cm³/mol. The fourth-order valence-electron chi connectivity index (χ4n) is 5.80. The van der Waals surface area contributed by atoms with E-state index < -0.39 is 24.1 Å². The van der Waals surface area contributed by atoms with Gasteiger partial charge in [0.1, 0.15) is 17.8 Å². The molecule has 3 fully saturated rings. The summed E-state index contributed by atoms with van der Waals surface area (Å²) in [5, 5.41) is 15.3. The summed E-state index contributed by atoms with van der Waals surface area (Å²) >= 11 is 0. The summed E-state index contributed by atoms with van der Waals surface area (Å²) in [5.41, 5.74) is 0.585. The summed E-state index contributed by atoms with van der Waals surface area (Å²) in [5.74, 6) is 0.0107. The number of ether oxygens (including phenoxy) is 5. The van der Waals surface area contributed by atoms with Crippen LogP contribution in [0.1, 0.15) is 80.6 Å². The van der Waals surface area contributed by atoms with Crippen molar-refractivity contribution >= 4 is 11.8 Å². The Bertz CT molecular complexity index is 991. The Labute approximate surface area is 257 Å². The Balaban J connectivity index is 1.63. The Morgan fingerprint density at radius 3 is 2.56 bits per heavy atom. The van der Waals surface area contributed by atoms with Crippen LogP contribution in [0.15, 0.2) is 36.0 Å². The van der Waals surface area contributed by atoms with Crippen molar-refractivity contribution in [2.24, 2.45) is 5.92 Å². The van der Waals surface area contributed by atoms with Crippen molar-refractivity contribution in [1.29, 1.82) is 0 Å². The number of hydrogen-bond donors (Lipinski definition) is 3. The third-order valence-corrected chi connectivity index (χ3v) is 8.27. The first-order valence-corrected chi connectivity index (χ1v) is 16.0. The molecule has 3 saturated heterocycles. The molecule has 0 aliphatic carbocycles. The minimum absolute atomic E-state index is 0.0163. The van der Waals surface area contributed by atoms with Gasteiger partial charge in [-0.15, -0.1) is 0 Å². The van der Waals surface area contributed by atoms with Gasteiger partial charge in [0.05, 0.1) is 43.5 Å². The number of carbonyl (C=O) groups is 2. The van der Waals surface area contributed by atoms with Crippen LogP contribution < -0.4 is 10.6 Å². The van der Waals surface area contributed by atoms with E-state index in [2.05, 4.69) is 23.6 Å². The SMILES string of the molecule is CCCNC(=O)C[C@@H]1C[C@@]2(CO2)[C@H](OC(C)OCC)[C@@H](C=CC(C)=CC[C@@H]2O[C@H](C)[C@H](NC(=O)C=C[C@H](C)O)C[C@@H]2C)O1. The molecule has 0 aromatic rings. The third kappa shape index (κ3) is 11.1. The van der Waals surface area contributed by atoms with Gasteiger partial charge in [0.15, 0.2) is 6.29 Å². The molecule has 1 spiro atoms. The number of nitrogens with one attached hydrogen (secondary N) is 2. The lowest BCUT2D eigenvalue weighted by atomic mass is 9.87. The molecule has 0 saturated carbocycles. The van der Waals surface area contributed by atoms with Gasteiger partial charge in [0, 0.05) is 25.6 Å². The van der Waals surface area contributed by atoms with Gasteiger partial charge in [0.25, 0.3) is 0 Å². The van der Waals surface area contributed by atoms with Crippen molar-refractivity contribution in [2.45, 2.75) is 135 Å². The number of amides is 2. The van der Waals surface area contributed by atoms with E-state index in [4.69, 9.17) is 23.7 Å². The first-order valence-electron chi connectivity index (χ1n) is 16.0. The van der Waals surface area contributed by atoms with Crippen molar-refractivity contribution in [2.75, 3.05) is 19.8 Å². The summed E-state index contributed by atoms with van der Waals surface area (Å²) in [7, 11) is 0. The summed E-state index contributed by atoms with van der Waals surface area (Å²) < 4.78 is 30.7. The maximum atomic E-state index is 12.5. The summed E-state index contributed by atoms with van der Waals surface area (Å²) in [6.45, 7) is 15.4. The second-order valence-corrected chi connectivity index (χ2v) is 12.3. The molecular formula is C33H54N2O8. The highest BCUT2D eigenvalue weighted by Gasteiger charge is 2.60. The van der Waals surface area contributed by atoms with Crippen LogP contribution in [-0.2, 0) is 33.3 Å². The highest BCUT2D eigenvalue weighted by atomic mass is 16.7. The van der Waals surface area contributed by atoms with E-state index in [0.717, 1.165) is 24.8 Å². The van der Waals surface area contributed by atoms with Crippen LogP contribution in [0.3, 0.4) is 0 Å². The zero-order valence-electron chi connectivity index (χ0n) is 27.0. The fraction of sp³-hybridized carbons (Fsp3) is 0.758. The summed E-state index contributed by atoms with van der Waals surface area (Å²) in [6.07, 6.45) is 10.2. The molecule has 43 heavy (non-hydrogen) atoms. The second kappa shape index (κ2) is 16.8. The van der Waals surface area contributed by atoms with Gasteiger partial charge >= 0.3 is 0 Å². The molecule has 3 heterocycles. The van der Waals surface area contributed by atoms with E-state index in [1.165, 1.54) is 12.2 Å². The molecule has 0 aromatic carbocycles. The van der Waals surface area contributed by atoms with Crippen LogP contribution >= 0.6 is 0 Å². The van der Waals surface area contributed by atoms with Crippen molar-refractivity contribution in [3.8, 4) is 0 Å². The predicted octanol–water partition coefficient (Wildman–Crippen LogP) is 3.72. The van der Waals surface area contributed by atoms with Crippen LogP contribution in [0.2, 0.25) is 0 Å². The highest BCUT2D eigenvalue weighted by Crippen LogP contribution is 2.45. The van der Waals surface area contributed by atoms with Crippen LogP contribution in [0, 0.1) is 5.92 Å². The molecule has 3 rings (SSSR count). The molecule has 3 N–H and O–H groups in total. The molecule has 10 nitrogen and oxygen atoms in total. The zero-order chi connectivity index (χ0) is 31.6. The Kier molecular flexibility index (Phi) is 13.9. The number of aliphatic hydroxyl groups is 1. The molecule has 10 heteroatoms. The lowest BCUT2D eigenvalue weighted by Crippen LogP contribution is -2.53. The molecule has 244 valence electrons. The first kappa shape index (κ1) is 35.4. The zero-order valence-corrected chi connectivity index (χ0v) is 27.0. The Morgan fingerprint density at radius 1 is 1.16 bits per heavy atom. The van der Waals surface area contributed by atoms with Crippen molar-refractivity contribution in [1.82, 2.24) is 10.6 Å². The molecule has 2 amide bonds. The number of allylic oxidation sites excluding steroid dienone is 2. The third-order valence-electron chi connectivity index (χ3n) is 8.27. The normalized spacial score (nSPS) is 34.4. The molecule has 3 aliphatic rings. The number of hydrogen-bond acceptors (Lipinski definition) is 8. The minimum atomic E-state index is -0.665. The van der Waals surface area contributed by atoms with Gasteiger partial charge in [0.2, 0.25) is 11.8 Å². The van der Waals surface area contributed by atoms with Gasteiger partial charge in [-0.2, -0.15) is 0 Å². The minimum Gasteiger partial charge on any atom is -0.389 e. The van der Waals surface area contributed by atoms with Crippen molar-refractivity contribution < 1.29 is 38.4 Å². The quantitative estimate of drug-likeness (QED) is 0.111. The standard InChI is InChI=1S/C33H54N2O8/c1-8-16-34-31(38)18-26-19-33(20-40-33)32(42-25(7)39-9-2)29(43-26)14-11-21(3)10-13-28-22(4)17-27(24(6)41-28)35-30(37)15-12-23(5)36/h10-12,14-15,22-29,32,36H,8-9,13,16-20H2,1-7H3,(H,34,38)(H,35,37)/t22-,23-,24+,25?,26+,27+,28-,29+,32+,33+/m0/s1. The smallest absolute Gasteiger partial charge is 0.244 e. The van der Waals surface area contributed by atoms with Crippen LogP contribution in [0.25, 0.3) is 0 Å². The average molecular weight is 607 g/mol. The van der Waals surface area contributed by atoms with E-state index >= 15 is 0 Å². The monoisotopic (exact) mass is 606 g/mol. The van der Waals surface area contributed by atoms with Gasteiger partial charge in [-0.25, -0.2) is 0 Å². The van der Waals surface area contributed by atoms with Gasteiger partial charge < -0.3 is 39.4 Å². The van der Waals surface area contributed by atoms with E-state index in [0.29, 0.717) is 26.2 Å². The lowest BCUT2D eigenvalue weighted by Gasteiger charge is -2.40. The molecular weight excluding hydrogens is 552 g/mol. The average Bonchev–Trinajstić information content (AvgIpc) is 3.71. The van der Waals surface area contributed by atoms with Crippen LogP contribution in [-0.4, -0.2) is 91.2 Å². The number of aliphatic hydroxyl groups excluding tert-OH is 1. The number of rotatable bonds is 15. The first-order chi connectivity index (χ1) is 20.5. The van der Waals surface area contributed by atoms with Crippen LogP contribution in [0.5, 0.6) is 0 Å². The summed E-state index contributed by atoms with van der Waals surface area (Å²) in [4.78, 5) is 24.7. The van der Waals surface area contributed by atoms with Crippen LogP contribution in [0.4, 0.5) is 0 Å². The molecule has 3 aliphatic heterocycles. The lowest BCUT2D eigenvalue weighted by molar-refractivity contribution is -0.226. The molecule has 0 bridgehead atoms. The number of epoxide rings is 1. The Hall–Kier alpha value is -2.08. The fourth-order valence-corrected chi connectivity index (χ4v) is 5.80. The van der Waals surface area contributed by atoms with Crippen molar-refractivity contribution in [3.05, 3.63) is 36.0 Å². The maximum Gasteiger partial charge on any atom is 0.244 e. The topological polar surface area (TPSA) is 128 Å². The van der Waals surface area contributed by atoms with E-state index in [9.17, 15) is 14.7 Å². The molecule has 0 radical (unpaired) electrons. The number of carbonyl (C=O) groups excluding carboxylic acids is 2. The molecule has 1 unspecified atom stereocenters. The van der Waals surface area contributed by atoms with Gasteiger partial charge in [-0.1, -0.05) is 43.7 Å². The van der Waals surface area contributed by atoms with Crippen molar-refractivity contribution in [3.63, 3.8) is 0 Å². The second-order valence-electron chi connectivity index (χ2n) is 12.3.